The van der Waals surface area contributed by atoms with Crippen molar-refractivity contribution in [2.45, 2.75) is 64.1 Å². The smallest absolute Gasteiger partial charge is 0.263 e. The van der Waals surface area contributed by atoms with Gasteiger partial charge in [0.25, 0.3) is 11.5 Å². The molecule has 6 nitrogen and oxygen atoms in total. The van der Waals surface area contributed by atoms with Crippen LogP contribution in [0, 0.1) is 0 Å². The molecule has 0 bridgehead atoms. The molecule has 2 aliphatic rings. The van der Waals surface area contributed by atoms with E-state index in [1.54, 1.807) is 4.57 Å². The minimum absolute atomic E-state index is 0.0818. The van der Waals surface area contributed by atoms with Crippen LogP contribution in [0.5, 0.6) is 0 Å². The number of aromatic nitrogens is 1. The third-order valence-corrected chi connectivity index (χ3v) is 9.18. The second kappa shape index (κ2) is 13.1. The van der Waals surface area contributed by atoms with Crippen molar-refractivity contribution in [1.82, 2.24) is 19.7 Å². The third kappa shape index (κ3) is 5.92. The van der Waals surface area contributed by atoms with Crippen LogP contribution < -0.4 is 10.9 Å². The highest BCUT2D eigenvalue weighted by molar-refractivity contribution is 6.08. The molecule has 1 atom stereocenters. The lowest BCUT2D eigenvalue weighted by molar-refractivity contribution is 0.0873. The van der Waals surface area contributed by atoms with Crippen molar-refractivity contribution in [1.29, 1.82) is 0 Å². The minimum Gasteiger partial charge on any atom is -0.345 e. The Hall–Kier alpha value is -3.74. The van der Waals surface area contributed by atoms with E-state index in [-0.39, 0.29) is 17.5 Å². The Labute approximate surface area is 249 Å². The highest BCUT2D eigenvalue weighted by Crippen LogP contribution is 2.28. The van der Waals surface area contributed by atoms with Gasteiger partial charge in [0.05, 0.1) is 17.3 Å². The molecule has 2 saturated heterocycles. The summed E-state index contributed by atoms with van der Waals surface area (Å²) in [5.74, 6) is -0.134. The average Bonchev–Trinajstić information content (AvgIpc) is 3.05. The number of amides is 1. The summed E-state index contributed by atoms with van der Waals surface area (Å²) in [4.78, 5) is 33.6. The Morgan fingerprint density at radius 1 is 0.810 bits per heavy atom. The molecule has 3 heterocycles. The summed E-state index contributed by atoms with van der Waals surface area (Å²) in [5.41, 5.74) is 3.15. The fourth-order valence-electron chi connectivity index (χ4n) is 6.93. The van der Waals surface area contributed by atoms with Gasteiger partial charge in [0.1, 0.15) is 0 Å². The van der Waals surface area contributed by atoms with Crippen molar-refractivity contribution < 1.29 is 4.79 Å². The number of nitrogens with one attached hydrogen (secondary N) is 1. The lowest BCUT2D eigenvalue weighted by atomic mass is 9.97. The largest absolute Gasteiger partial charge is 0.345 e. The number of fused-ring (bicyclic) bond motifs is 1. The van der Waals surface area contributed by atoms with Crippen molar-refractivity contribution in [3.63, 3.8) is 0 Å². The number of benzene rings is 3. The first kappa shape index (κ1) is 28.4. The number of nitrogens with zero attached hydrogens (tertiary/aromatic N) is 3. The number of rotatable bonds is 8. The van der Waals surface area contributed by atoms with Crippen LogP contribution in [0.4, 0.5) is 0 Å². The maximum absolute atomic E-state index is 14.4. The SMILES string of the molecule is CC[C@H](NC(=O)c1c(CN2CCC(N3CCCCC3)CC2)n(-c2ccccc2)c(=O)c2ccccc12)c1ccccc1. The van der Waals surface area contributed by atoms with Gasteiger partial charge in [0.15, 0.2) is 0 Å². The van der Waals surface area contributed by atoms with E-state index >= 15 is 0 Å². The Balaban J connectivity index is 1.40. The molecule has 2 aliphatic heterocycles. The molecule has 3 aromatic carbocycles. The third-order valence-electron chi connectivity index (χ3n) is 9.18. The monoisotopic (exact) mass is 562 g/mol. The molecule has 2 fully saturated rings. The molecule has 6 heteroatoms. The molecular weight excluding hydrogens is 520 g/mol. The van der Waals surface area contributed by atoms with Crippen LogP contribution >= 0.6 is 0 Å². The predicted molar refractivity (Wildman–Crippen MR) is 170 cm³/mol. The highest BCUT2D eigenvalue weighted by Gasteiger charge is 2.29. The van der Waals surface area contributed by atoms with Crippen LogP contribution in [0.15, 0.2) is 89.7 Å². The van der Waals surface area contributed by atoms with E-state index in [1.165, 1.54) is 32.4 Å². The molecule has 0 radical (unpaired) electrons. The first-order valence-corrected chi connectivity index (χ1v) is 15.7. The fourth-order valence-corrected chi connectivity index (χ4v) is 6.93. The zero-order chi connectivity index (χ0) is 28.9. The number of hydrogen-bond donors (Lipinski definition) is 1. The number of pyridine rings is 1. The van der Waals surface area contributed by atoms with E-state index < -0.39 is 0 Å². The summed E-state index contributed by atoms with van der Waals surface area (Å²) in [7, 11) is 0. The predicted octanol–water partition coefficient (Wildman–Crippen LogP) is 6.32. The van der Waals surface area contributed by atoms with E-state index in [9.17, 15) is 9.59 Å². The van der Waals surface area contributed by atoms with Gasteiger partial charge >= 0.3 is 0 Å². The van der Waals surface area contributed by atoms with E-state index in [0.717, 1.165) is 49.3 Å². The van der Waals surface area contributed by atoms with E-state index in [0.29, 0.717) is 28.9 Å². The molecule has 4 aromatic rings. The molecule has 42 heavy (non-hydrogen) atoms. The lowest BCUT2D eigenvalue weighted by Gasteiger charge is -2.40. The molecule has 0 saturated carbocycles. The molecule has 1 aromatic heterocycles. The Morgan fingerprint density at radius 2 is 1.43 bits per heavy atom. The van der Waals surface area contributed by atoms with Gasteiger partial charge in [-0.15, -0.1) is 0 Å². The van der Waals surface area contributed by atoms with Crippen molar-refractivity contribution in [2.24, 2.45) is 0 Å². The number of para-hydroxylation sites is 1. The summed E-state index contributed by atoms with van der Waals surface area (Å²) >= 11 is 0. The summed E-state index contributed by atoms with van der Waals surface area (Å²) < 4.78 is 1.79. The number of likely N-dealkylation sites (tertiary alicyclic amines) is 2. The number of piperidine rings is 2. The summed E-state index contributed by atoms with van der Waals surface area (Å²) in [6.45, 7) is 6.99. The average molecular weight is 563 g/mol. The Bertz CT molecular complexity index is 1550. The van der Waals surface area contributed by atoms with Gasteiger partial charge in [-0.1, -0.05) is 80.1 Å². The summed E-state index contributed by atoms with van der Waals surface area (Å²) in [5, 5.41) is 4.62. The van der Waals surface area contributed by atoms with Crippen molar-refractivity contribution in [3.05, 3.63) is 112 Å². The molecule has 1 amide bonds. The quantitative estimate of drug-likeness (QED) is 0.273. The van der Waals surface area contributed by atoms with Gasteiger partial charge in [-0.05, 0) is 69.0 Å². The van der Waals surface area contributed by atoms with Crippen molar-refractivity contribution in [3.8, 4) is 5.69 Å². The van der Waals surface area contributed by atoms with Crippen LogP contribution in [-0.4, -0.2) is 52.5 Å². The van der Waals surface area contributed by atoms with E-state index in [1.807, 2.05) is 72.8 Å². The van der Waals surface area contributed by atoms with Crippen LogP contribution in [0.3, 0.4) is 0 Å². The fraction of sp³-hybridized carbons (Fsp3) is 0.389. The van der Waals surface area contributed by atoms with Crippen molar-refractivity contribution >= 4 is 16.7 Å². The zero-order valence-corrected chi connectivity index (χ0v) is 24.7. The van der Waals surface area contributed by atoms with Gasteiger partial charge in [0, 0.05) is 42.1 Å². The van der Waals surface area contributed by atoms with Crippen molar-refractivity contribution in [2.75, 3.05) is 26.2 Å². The standard InChI is InChI=1S/C36H42N4O2/c1-2-32(27-14-6-3-7-15-27)37-35(41)34-30-18-10-11-19-31(30)36(42)40(29-16-8-4-9-17-29)33(34)26-38-24-20-28(21-25-38)39-22-12-5-13-23-39/h3-4,6-11,14-19,28,32H,2,5,12-13,20-26H2,1H3,(H,37,41)/t32-/m0/s1. The normalized spacial score (nSPS) is 17.7. The van der Waals surface area contributed by atoms with E-state index in [2.05, 4.69) is 34.2 Å². The van der Waals surface area contributed by atoms with Gasteiger partial charge in [-0.3, -0.25) is 19.1 Å². The number of carbonyl (C=O) groups is 1. The van der Waals surface area contributed by atoms with Gasteiger partial charge in [-0.2, -0.15) is 0 Å². The first-order chi connectivity index (χ1) is 20.6. The number of hydrogen-bond acceptors (Lipinski definition) is 4. The minimum atomic E-state index is -0.134. The topological polar surface area (TPSA) is 57.6 Å². The number of carbonyl (C=O) groups excluding carboxylic acids is 1. The van der Waals surface area contributed by atoms with Gasteiger partial charge in [-0.25, -0.2) is 0 Å². The molecule has 0 unspecified atom stereocenters. The first-order valence-electron chi connectivity index (χ1n) is 15.7. The lowest BCUT2D eigenvalue weighted by Crippen LogP contribution is -2.47. The maximum atomic E-state index is 14.4. The Kier molecular flexibility index (Phi) is 8.82. The highest BCUT2D eigenvalue weighted by atomic mass is 16.2. The maximum Gasteiger partial charge on any atom is 0.263 e. The summed E-state index contributed by atoms with van der Waals surface area (Å²) in [6, 6.07) is 28.0. The van der Waals surface area contributed by atoms with E-state index in [4.69, 9.17) is 0 Å². The molecule has 218 valence electrons. The second-order valence-electron chi connectivity index (χ2n) is 11.8. The van der Waals surface area contributed by atoms with Crippen LogP contribution in [0.2, 0.25) is 0 Å². The zero-order valence-electron chi connectivity index (χ0n) is 24.7. The second-order valence-corrected chi connectivity index (χ2v) is 11.8. The van der Waals surface area contributed by atoms with Crippen LogP contribution in [0.25, 0.3) is 16.5 Å². The molecule has 0 spiro atoms. The summed E-state index contributed by atoms with van der Waals surface area (Å²) in [6.07, 6.45) is 6.97. The van der Waals surface area contributed by atoms with Gasteiger partial charge < -0.3 is 10.2 Å². The van der Waals surface area contributed by atoms with Crippen LogP contribution in [-0.2, 0) is 6.54 Å². The molecule has 1 N–H and O–H groups in total. The molecule has 6 rings (SSSR count). The molecular formula is C36H42N4O2. The van der Waals surface area contributed by atoms with Gasteiger partial charge in [0.2, 0.25) is 0 Å². The Morgan fingerprint density at radius 3 is 2.10 bits per heavy atom. The van der Waals surface area contributed by atoms with Crippen LogP contribution in [0.1, 0.15) is 73.1 Å². The molecule has 0 aliphatic carbocycles.